The van der Waals surface area contributed by atoms with Crippen LogP contribution in [0.25, 0.3) is 17.8 Å². The topological polar surface area (TPSA) is 43.6 Å². The van der Waals surface area contributed by atoms with E-state index in [0.29, 0.717) is 10.8 Å². The Labute approximate surface area is 144 Å². The minimum Gasteiger partial charge on any atom is -0.458 e. The number of hydrogen-bond donors (Lipinski definition) is 0. The van der Waals surface area contributed by atoms with Crippen LogP contribution in [0, 0.1) is 0 Å². The van der Waals surface area contributed by atoms with Crippen LogP contribution in [0.1, 0.15) is 11.3 Å². The van der Waals surface area contributed by atoms with Gasteiger partial charge in [0.25, 0.3) is 0 Å². The summed E-state index contributed by atoms with van der Waals surface area (Å²) in [6, 6.07) is 15.4. The second kappa shape index (κ2) is 7.62. The van der Waals surface area contributed by atoms with Gasteiger partial charge in [-0.2, -0.15) is 0 Å². The fourth-order valence-electron chi connectivity index (χ4n) is 2.21. The van der Waals surface area contributed by atoms with Gasteiger partial charge in [0.1, 0.15) is 12.3 Å². The number of benzene rings is 1. The third-order valence-electron chi connectivity index (χ3n) is 3.33. The molecule has 0 saturated carbocycles. The van der Waals surface area contributed by atoms with Crippen LogP contribution in [0.3, 0.4) is 0 Å². The van der Waals surface area contributed by atoms with Crippen molar-refractivity contribution >= 4 is 35.4 Å². The van der Waals surface area contributed by atoms with E-state index in [2.05, 4.69) is 4.98 Å². The van der Waals surface area contributed by atoms with Gasteiger partial charge in [0, 0.05) is 12.3 Å². The minimum absolute atomic E-state index is 0.207. The fraction of sp³-hybridized carbons (Fsp3) is 0.0526. The Morgan fingerprint density at radius 1 is 1.12 bits per heavy atom. The van der Waals surface area contributed by atoms with Gasteiger partial charge in [-0.05, 0) is 29.8 Å². The molecule has 3 rings (SSSR count). The average Bonchev–Trinajstić information content (AvgIpc) is 2.93. The minimum atomic E-state index is -0.436. The van der Waals surface area contributed by atoms with Crippen LogP contribution in [0.5, 0.6) is 0 Å². The second-order valence-corrected chi connectivity index (χ2v) is 5.35. The standard InChI is InChI=1S/C19H15ClN2O2/c20-19-16(22-13-5-4-10-17(22)21-19)11-12-18(23)24-14-6-9-15-7-2-1-3-8-15/h1-13H,14H2/b9-6-,12-11+. The Morgan fingerprint density at radius 2 is 1.92 bits per heavy atom. The number of ether oxygens (including phenoxy) is 1. The zero-order valence-electron chi connectivity index (χ0n) is 12.8. The van der Waals surface area contributed by atoms with E-state index in [1.54, 1.807) is 16.6 Å². The molecule has 0 N–H and O–H groups in total. The fourth-order valence-corrected chi connectivity index (χ4v) is 2.45. The lowest BCUT2D eigenvalue weighted by atomic mass is 10.2. The largest absolute Gasteiger partial charge is 0.458 e. The first-order valence-electron chi connectivity index (χ1n) is 7.43. The molecule has 4 nitrogen and oxygen atoms in total. The number of rotatable bonds is 5. The van der Waals surface area contributed by atoms with Gasteiger partial charge in [-0.3, -0.25) is 4.40 Å². The van der Waals surface area contributed by atoms with E-state index in [9.17, 15) is 4.79 Å². The van der Waals surface area contributed by atoms with E-state index in [0.717, 1.165) is 11.2 Å². The van der Waals surface area contributed by atoms with Gasteiger partial charge < -0.3 is 4.74 Å². The Hall–Kier alpha value is -2.85. The van der Waals surface area contributed by atoms with Crippen LogP contribution in [-0.4, -0.2) is 22.0 Å². The van der Waals surface area contributed by atoms with Crippen molar-refractivity contribution < 1.29 is 9.53 Å². The summed E-state index contributed by atoms with van der Waals surface area (Å²) in [5, 5.41) is 0.342. The summed E-state index contributed by atoms with van der Waals surface area (Å²) in [7, 11) is 0. The Bertz CT molecular complexity index is 898. The number of pyridine rings is 1. The van der Waals surface area contributed by atoms with Gasteiger partial charge in [0.05, 0.1) is 5.69 Å². The van der Waals surface area contributed by atoms with Crippen molar-refractivity contribution in [3.05, 3.63) is 83.3 Å². The van der Waals surface area contributed by atoms with E-state index >= 15 is 0 Å². The molecule has 3 aromatic rings. The van der Waals surface area contributed by atoms with Crippen LogP contribution in [-0.2, 0) is 9.53 Å². The van der Waals surface area contributed by atoms with E-state index in [4.69, 9.17) is 16.3 Å². The molecule has 0 aliphatic carbocycles. The predicted molar refractivity (Wildman–Crippen MR) is 95.7 cm³/mol. The van der Waals surface area contributed by atoms with Crippen LogP contribution < -0.4 is 0 Å². The maximum atomic E-state index is 11.8. The van der Waals surface area contributed by atoms with Crippen molar-refractivity contribution in [2.45, 2.75) is 0 Å². The number of carbonyl (C=O) groups is 1. The molecule has 5 heteroatoms. The molecular formula is C19H15ClN2O2. The quantitative estimate of drug-likeness (QED) is 0.516. The number of halogens is 1. The molecule has 0 fully saturated rings. The van der Waals surface area contributed by atoms with Gasteiger partial charge in [0.2, 0.25) is 0 Å². The van der Waals surface area contributed by atoms with E-state index in [1.165, 1.54) is 6.08 Å². The third-order valence-corrected chi connectivity index (χ3v) is 3.61. The molecule has 1 aromatic carbocycles. The molecule has 0 saturated heterocycles. The molecule has 0 spiro atoms. The average molecular weight is 339 g/mol. The summed E-state index contributed by atoms with van der Waals surface area (Å²) in [5.74, 6) is -0.436. The smallest absolute Gasteiger partial charge is 0.331 e. The van der Waals surface area contributed by atoms with E-state index < -0.39 is 5.97 Å². The van der Waals surface area contributed by atoms with Crippen LogP contribution in [0.4, 0.5) is 0 Å². The maximum absolute atomic E-state index is 11.8. The highest BCUT2D eigenvalue weighted by molar-refractivity contribution is 6.31. The van der Waals surface area contributed by atoms with Crippen molar-refractivity contribution in [2.24, 2.45) is 0 Å². The Balaban J connectivity index is 1.59. The number of aromatic nitrogens is 2. The number of fused-ring (bicyclic) bond motifs is 1. The molecule has 0 unspecified atom stereocenters. The lowest BCUT2D eigenvalue weighted by molar-refractivity contribution is -0.136. The molecule has 0 bridgehead atoms. The van der Waals surface area contributed by atoms with Gasteiger partial charge in [-0.1, -0.05) is 54.1 Å². The monoisotopic (exact) mass is 338 g/mol. The number of hydrogen-bond acceptors (Lipinski definition) is 3. The molecular weight excluding hydrogens is 324 g/mol. The summed E-state index contributed by atoms with van der Waals surface area (Å²) in [6.07, 6.45) is 8.48. The van der Waals surface area contributed by atoms with Crippen molar-refractivity contribution in [1.82, 2.24) is 9.38 Å². The first kappa shape index (κ1) is 16.0. The molecule has 0 aliphatic rings. The first-order valence-corrected chi connectivity index (χ1v) is 7.81. The van der Waals surface area contributed by atoms with Gasteiger partial charge in [-0.25, -0.2) is 9.78 Å². The Kier molecular flexibility index (Phi) is 5.08. The Morgan fingerprint density at radius 3 is 2.75 bits per heavy atom. The lowest BCUT2D eigenvalue weighted by Crippen LogP contribution is -2.00. The number of nitrogens with zero attached hydrogens (tertiary/aromatic N) is 2. The van der Waals surface area contributed by atoms with Gasteiger partial charge in [0.15, 0.2) is 5.15 Å². The highest BCUT2D eigenvalue weighted by Gasteiger charge is 2.07. The van der Waals surface area contributed by atoms with E-state index in [1.807, 2.05) is 60.8 Å². The normalized spacial score (nSPS) is 11.5. The molecule has 24 heavy (non-hydrogen) atoms. The third kappa shape index (κ3) is 3.91. The van der Waals surface area contributed by atoms with Crippen molar-refractivity contribution in [3.8, 4) is 0 Å². The first-order chi connectivity index (χ1) is 11.7. The predicted octanol–water partition coefficient (Wildman–Crippen LogP) is 4.26. The highest BCUT2D eigenvalue weighted by Crippen LogP contribution is 2.18. The van der Waals surface area contributed by atoms with Crippen LogP contribution in [0.15, 0.2) is 66.9 Å². The molecule has 0 amide bonds. The van der Waals surface area contributed by atoms with Crippen LogP contribution in [0.2, 0.25) is 5.15 Å². The molecule has 2 aromatic heterocycles. The maximum Gasteiger partial charge on any atom is 0.331 e. The summed E-state index contributed by atoms with van der Waals surface area (Å²) in [5.41, 5.74) is 2.42. The lowest BCUT2D eigenvalue weighted by Gasteiger charge is -1.98. The van der Waals surface area contributed by atoms with Crippen molar-refractivity contribution in [3.63, 3.8) is 0 Å². The number of imidazole rings is 1. The summed E-state index contributed by atoms with van der Waals surface area (Å²) < 4.78 is 6.94. The molecule has 120 valence electrons. The second-order valence-electron chi connectivity index (χ2n) is 4.99. The SMILES string of the molecule is O=C(/C=C/c1c(Cl)nc2ccccn12)OC/C=C\c1ccccc1. The summed E-state index contributed by atoms with van der Waals surface area (Å²) in [6.45, 7) is 0.207. The number of carbonyl (C=O) groups excluding carboxylic acids is 1. The van der Waals surface area contributed by atoms with E-state index in [-0.39, 0.29) is 6.61 Å². The number of esters is 1. The summed E-state index contributed by atoms with van der Waals surface area (Å²) in [4.78, 5) is 16.0. The van der Waals surface area contributed by atoms with Crippen molar-refractivity contribution in [1.29, 1.82) is 0 Å². The highest BCUT2D eigenvalue weighted by atomic mass is 35.5. The van der Waals surface area contributed by atoms with Crippen LogP contribution >= 0.6 is 11.6 Å². The zero-order valence-corrected chi connectivity index (χ0v) is 13.6. The van der Waals surface area contributed by atoms with Gasteiger partial charge >= 0.3 is 5.97 Å². The molecule has 0 radical (unpaired) electrons. The van der Waals surface area contributed by atoms with Gasteiger partial charge in [-0.15, -0.1) is 0 Å². The molecule has 0 aliphatic heterocycles. The zero-order chi connectivity index (χ0) is 16.8. The molecule has 2 heterocycles. The summed E-state index contributed by atoms with van der Waals surface area (Å²) >= 11 is 6.10. The molecule has 0 atom stereocenters. The van der Waals surface area contributed by atoms with Crippen molar-refractivity contribution in [2.75, 3.05) is 6.61 Å².